The first-order valence-electron chi connectivity index (χ1n) is 6.28. The van der Waals surface area contributed by atoms with Gasteiger partial charge in [0.1, 0.15) is 16.4 Å². The van der Waals surface area contributed by atoms with Crippen LogP contribution in [0.3, 0.4) is 0 Å². The van der Waals surface area contributed by atoms with E-state index in [1.54, 1.807) is 13.2 Å². The molecular formula is C13H16F2N2O3S. The maximum atomic E-state index is 13.9. The standard InChI is InChI=1S/C13H16F2N2O3S/c1-20-8-9-4-6-17(7-5-9)21(18,19)11-3-2-10(14)13(16)12(11)15/h2-4H,5-8,16H2,1H3. The van der Waals surface area contributed by atoms with Crippen LogP contribution in [-0.2, 0) is 14.8 Å². The largest absolute Gasteiger partial charge is 0.394 e. The molecule has 5 nitrogen and oxygen atoms in total. The van der Waals surface area contributed by atoms with Crippen LogP contribution in [0.5, 0.6) is 0 Å². The maximum absolute atomic E-state index is 13.9. The number of hydrogen-bond donors (Lipinski definition) is 1. The second-order valence-corrected chi connectivity index (χ2v) is 6.59. The fourth-order valence-electron chi connectivity index (χ4n) is 2.12. The second-order valence-electron chi connectivity index (χ2n) is 4.68. The van der Waals surface area contributed by atoms with Crippen molar-refractivity contribution in [1.29, 1.82) is 0 Å². The van der Waals surface area contributed by atoms with Crippen molar-refractivity contribution in [2.24, 2.45) is 0 Å². The SMILES string of the molecule is COCC1=CCN(S(=O)(=O)c2ccc(F)c(N)c2F)CC1. The van der Waals surface area contributed by atoms with E-state index >= 15 is 0 Å². The molecule has 1 heterocycles. The Hall–Kier alpha value is -1.51. The summed E-state index contributed by atoms with van der Waals surface area (Å²) in [4.78, 5) is -0.606. The Kier molecular flexibility index (Phi) is 4.60. The molecule has 2 rings (SSSR count). The molecule has 0 radical (unpaired) electrons. The lowest BCUT2D eigenvalue weighted by Gasteiger charge is -2.26. The molecule has 0 aliphatic carbocycles. The van der Waals surface area contributed by atoms with E-state index in [4.69, 9.17) is 10.5 Å². The van der Waals surface area contributed by atoms with Gasteiger partial charge in [-0.3, -0.25) is 0 Å². The number of halogens is 2. The van der Waals surface area contributed by atoms with E-state index in [2.05, 4.69) is 0 Å². The predicted octanol–water partition coefficient (Wildman–Crippen LogP) is 1.51. The molecule has 1 aliphatic heterocycles. The molecular weight excluding hydrogens is 302 g/mol. The van der Waals surface area contributed by atoms with Crippen LogP contribution in [0, 0.1) is 11.6 Å². The molecule has 0 amide bonds. The highest BCUT2D eigenvalue weighted by atomic mass is 32.2. The van der Waals surface area contributed by atoms with E-state index in [1.165, 1.54) is 0 Å². The summed E-state index contributed by atoms with van der Waals surface area (Å²) in [6.45, 7) is 0.776. The number of nitrogens with zero attached hydrogens (tertiary/aromatic N) is 1. The Morgan fingerprint density at radius 3 is 2.67 bits per heavy atom. The maximum Gasteiger partial charge on any atom is 0.246 e. The van der Waals surface area contributed by atoms with Crippen LogP contribution in [0.2, 0.25) is 0 Å². The van der Waals surface area contributed by atoms with Crippen molar-refractivity contribution in [1.82, 2.24) is 4.31 Å². The fraction of sp³-hybridized carbons (Fsp3) is 0.385. The minimum absolute atomic E-state index is 0.123. The van der Waals surface area contributed by atoms with Crippen LogP contribution >= 0.6 is 0 Å². The first-order valence-corrected chi connectivity index (χ1v) is 7.72. The molecule has 8 heteroatoms. The summed E-state index contributed by atoms with van der Waals surface area (Å²) in [6, 6.07) is 1.74. The van der Waals surface area contributed by atoms with Crippen LogP contribution < -0.4 is 5.73 Å². The minimum atomic E-state index is -4.04. The number of rotatable bonds is 4. The van der Waals surface area contributed by atoms with Crippen molar-refractivity contribution in [3.05, 3.63) is 35.4 Å². The van der Waals surface area contributed by atoms with Crippen LogP contribution in [0.25, 0.3) is 0 Å². The average molecular weight is 318 g/mol. The lowest BCUT2D eigenvalue weighted by molar-refractivity contribution is 0.219. The summed E-state index contributed by atoms with van der Waals surface area (Å²) in [6.07, 6.45) is 2.24. The fourth-order valence-corrected chi connectivity index (χ4v) is 3.57. The number of nitrogens with two attached hydrogens (primary N) is 1. The quantitative estimate of drug-likeness (QED) is 0.675. The van der Waals surface area contributed by atoms with Gasteiger partial charge in [0.25, 0.3) is 0 Å². The van der Waals surface area contributed by atoms with Gasteiger partial charge in [-0.15, -0.1) is 0 Å². The van der Waals surface area contributed by atoms with Crippen molar-refractivity contribution in [3.8, 4) is 0 Å². The summed E-state index contributed by atoms with van der Waals surface area (Å²) in [5.41, 5.74) is 5.41. The van der Waals surface area contributed by atoms with Crippen LogP contribution in [0.1, 0.15) is 6.42 Å². The zero-order valence-corrected chi connectivity index (χ0v) is 12.3. The predicted molar refractivity (Wildman–Crippen MR) is 74.1 cm³/mol. The van der Waals surface area contributed by atoms with E-state index in [0.717, 1.165) is 22.0 Å². The lowest BCUT2D eigenvalue weighted by atomic mass is 10.1. The van der Waals surface area contributed by atoms with Gasteiger partial charge < -0.3 is 10.5 Å². The molecule has 0 saturated heterocycles. The third-order valence-electron chi connectivity index (χ3n) is 3.30. The number of benzene rings is 1. The summed E-state index contributed by atoms with van der Waals surface area (Å²) in [7, 11) is -2.49. The molecule has 1 aromatic rings. The molecule has 0 atom stereocenters. The number of sulfonamides is 1. The van der Waals surface area contributed by atoms with Gasteiger partial charge in [0.05, 0.1) is 6.61 Å². The van der Waals surface area contributed by atoms with Gasteiger partial charge in [-0.1, -0.05) is 6.08 Å². The Labute approximate surface area is 122 Å². The van der Waals surface area contributed by atoms with Gasteiger partial charge in [0.15, 0.2) is 5.82 Å². The second kappa shape index (κ2) is 6.08. The zero-order valence-electron chi connectivity index (χ0n) is 11.5. The summed E-state index contributed by atoms with van der Waals surface area (Å²) in [5.74, 6) is -2.23. The molecule has 0 bridgehead atoms. The summed E-state index contributed by atoms with van der Waals surface area (Å²) >= 11 is 0. The molecule has 1 aromatic carbocycles. The molecule has 116 valence electrons. The van der Waals surface area contributed by atoms with Crippen molar-refractivity contribution in [3.63, 3.8) is 0 Å². The van der Waals surface area contributed by atoms with E-state index in [0.29, 0.717) is 13.0 Å². The van der Waals surface area contributed by atoms with E-state index < -0.39 is 32.2 Å². The van der Waals surface area contributed by atoms with Gasteiger partial charge in [0.2, 0.25) is 10.0 Å². The number of ether oxygens (including phenoxy) is 1. The highest BCUT2D eigenvalue weighted by molar-refractivity contribution is 7.89. The smallest absolute Gasteiger partial charge is 0.246 e. The molecule has 21 heavy (non-hydrogen) atoms. The van der Waals surface area contributed by atoms with Crippen LogP contribution in [0.15, 0.2) is 28.7 Å². The number of nitrogen functional groups attached to an aromatic ring is 1. The third-order valence-corrected chi connectivity index (χ3v) is 5.19. The van der Waals surface area contributed by atoms with Crippen molar-refractivity contribution >= 4 is 15.7 Å². The van der Waals surface area contributed by atoms with Gasteiger partial charge >= 0.3 is 0 Å². The van der Waals surface area contributed by atoms with E-state index in [-0.39, 0.29) is 13.1 Å². The first kappa shape index (κ1) is 15.9. The van der Waals surface area contributed by atoms with Gasteiger partial charge in [0, 0.05) is 20.2 Å². The summed E-state index contributed by atoms with van der Waals surface area (Å²) in [5, 5.41) is 0. The Morgan fingerprint density at radius 2 is 2.10 bits per heavy atom. The molecule has 0 saturated carbocycles. The van der Waals surface area contributed by atoms with Crippen LogP contribution in [0.4, 0.5) is 14.5 Å². The zero-order chi connectivity index (χ0) is 15.6. The number of hydrogen-bond acceptors (Lipinski definition) is 4. The first-order chi connectivity index (χ1) is 9.87. The monoisotopic (exact) mass is 318 g/mol. The van der Waals surface area contributed by atoms with E-state index in [1.807, 2.05) is 0 Å². The van der Waals surface area contributed by atoms with Crippen molar-refractivity contribution in [2.45, 2.75) is 11.3 Å². The molecule has 0 fully saturated rings. The molecule has 0 unspecified atom stereocenters. The van der Waals surface area contributed by atoms with Gasteiger partial charge in [-0.2, -0.15) is 4.31 Å². The Bertz CT molecular complexity index is 674. The topological polar surface area (TPSA) is 72.6 Å². The van der Waals surface area contributed by atoms with Crippen molar-refractivity contribution in [2.75, 3.05) is 32.5 Å². The minimum Gasteiger partial charge on any atom is -0.394 e. The Morgan fingerprint density at radius 1 is 1.38 bits per heavy atom. The lowest BCUT2D eigenvalue weighted by Crippen LogP contribution is -2.36. The van der Waals surface area contributed by atoms with E-state index in [9.17, 15) is 17.2 Å². The highest BCUT2D eigenvalue weighted by Gasteiger charge is 2.30. The van der Waals surface area contributed by atoms with Crippen LogP contribution in [-0.4, -0.2) is 39.5 Å². The molecule has 2 N–H and O–H groups in total. The normalized spacial score (nSPS) is 16.8. The molecule has 0 aromatic heterocycles. The van der Waals surface area contributed by atoms with Gasteiger partial charge in [-0.25, -0.2) is 17.2 Å². The van der Waals surface area contributed by atoms with Crippen molar-refractivity contribution < 1.29 is 21.9 Å². The number of anilines is 1. The molecule has 1 aliphatic rings. The average Bonchev–Trinajstić information content (AvgIpc) is 2.45. The highest BCUT2D eigenvalue weighted by Crippen LogP contribution is 2.27. The summed E-state index contributed by atoms with van der Waals surface area (Å²) < 4.78 is 57.9. The molecule has 0 spiro atoms. The third kappa shape index (κ3) is 3.07. The van der Waals surface area contributed by atoms with Gasteiger partial charge in [-0.05, 0) is 24.1 Å². The Balaban J connectivity index is 2.30. The number of methoxy groups -OCH3 is 1.